The van der Waals surface area contributed by atoms with E-state index in [4.69, 9.17) is 27.2 Å². The molecule has 7 heteroatoms. The van der Waals surface area contributed by atoms with Crippen LogP contribution in [0.3, 0.4) is 0 Å². The molecule has 0 amide bonds. The molecule has 1 aromatic heterocycles. The van der Waals surface area contributed by atoms with Gasteiger partial charge in [0.25, 0.3) is 0 Å². The van der Waals surface area contributed by atoms with E-state index in [1.54, 1.807) is 0 Å². The van der Waals surface area contributed by atoms with Crippen LogP contribution in [0, 0.1) is 5.82 Å². The maximum absolute atomic E-state index is 13.5. The van der Waals surface area contributed by atoms with E-state index in [0.717, 1.165) is 18.3 Å². The molecule has 0 aliphatic rings. The van der Waals surface area contributed by atoms with E-state index in [0.29, 0.717) is 0 Å². The summed E-state index contributed by atoms with van der Waals surface area (Å²) >= 11 is 5.60. The number of ether oxygens (including phenoxy) is 1. The van der Waals surface area contributed by atoms with Gasteiger partial charge in [0, 0.05) is 5.02 Å². The van der Waals surface area contributed by atoms with Crippen LogP contribution in [0.15, 0.2) is 30.5 Å². The summed E-state index contributed by atoms with van der Waals surface area (Å²) in [6.45, 7) is 0. The molecule has 1 heterocycles. The topological polar surface area (TPSA) is 85.4 Å². The minimum absolute atomic E-state index is 0.0290. The lowest BCUT2D eigenvalue weighted by Gasteiger charge is -2.09. The van der Waals surface area contributed by atoms with Crippen molar-refractivity contribution in [3.05, 3.63) is 46.9 Å². The van der Waals surface area contributed by atoms with Gasteiger partial charge in [-0.15, -0.1) is 0 Å². The van der Waals surface area contributed by atoms with Gasteiger partial charge in [0.05, 0.1) is 6.20 Å². The van der Waals surface area contributed by atoms with Crippen molar-refractivity contribution in [2.75, 3.05) is 5.73 Å². The Kier molecular flexibility index (Phi) is 3.52. The highest BCUT2D eigenvalue weighted by Gasteiger charge is 2.15. The zero-order chi connectivity index (χ0) is 14.0. The second kappa shape index (κ2) is 5.11. The molecular formula is C12H8ClFN2O3. The SMILES string of the molecule is Nc1cc(C(=O)O)c(Oc2ccc(Cl)cc2F)cn1. The largest absolute Gasteiger partial charge is 0.478 e. The lowest BCUT2D eigenvalue weighted by molar-refractivity contribution is 0.0694. The normalized spacial score (nSPS) is 10.2. The molecule has 5 nitrogen and oxygen atoms in total. The maximum atomic E-state index is 13.5. The molecule has 0 aliphatic heterocycles. The molecule has 2 rings (SSSR count). The summed E-state index contributed by atoms with van der Waals surface area (Å²) in [5.74, 6) is -2.19. The third kappa shape index (κ3) is 2.92. The highest BCUT2D eigenvalue weighted by molar-refractivity contribution is 6.30. The average Bonchev–Trinajstić information content (AvgIpc) is 2.34. The quantitative estimate of drug-likeness (QED) is 0.904. The number of carboxylic acids is 1. The van der Waals surface area contributed by atoms with Gasteiger partial charge in [-0.25, -0.2) is 14.2 Å². The second-order valence-corrected chi connectivity index (χ2v) is 4.02. The van der Waals surface area contributed by atoms with E-state index < -0.39 is 11.8 Å². The summed E-state index contributed by atoms with van der Waals surface area (Å²) in [5, 5.41) is 9.21. The van der Waals surface area contributed by atoms with Crippen LogP contribution in [-0.2, 0) is 0 Å². The molecule has 0 aliphatic carbocycles. The van der Waals surface area contributed by atoms with E-state index in [1.165, 1.54) is 12.1 Å². The number of carbonyl (C=O) groups is 1. The monoisotopic (exact) mass is 282 g/mol. The molecule has 0 bridgehead atoms. The number of aromatic carboxylic acids is 1. The number of carboxylic acid groups (broad SMARTS) is 1. The molecule has 1 aromatic carbocycles. The van der Waals surface area contributed by atoms with Gasteiger partial charge in [0.15, 0.2) is 17.3 Å². The van der Waals surface area contributed by atoms with Crippen LogP contribution < -0.4 is 10.5 Å². The minimum Gasteiger partial charge on any atom is -0.478 e. The summed E-state index contributed by atoms with van der Waals surface area (Å²) in [4.78, 5) is 14.7. The van der Waals surface area contributed by atoms with E-state index in [9.17, 15) is 9.18 Å². The van der Waals surface area contributed by atoms with Gasteiger partial charge in [0.1, 0.15) is 11.4 Å². The lowest BCUT2D eigenvalue weighted by atomic mass is 10.2. The van der Waals surface area contributed by atoms with Crippen LogP contribution in [-0.4, -0.2) is 16.1 Å². The van der Waals surface area contributed by atoms with Crippen LogP contribution in [0.4, 0.5) is 10.2 Å². The van der Waals surface area contributed by atoms with Crippen molar-refractivity contribution in [3.63, 3.8) is 0 Å². The Morgan fingerprint density at radius 3 is 2.74 bits per heavy atom. The van der Waals surface area contributed by atoms with Crippen molar-refractivity contribution in [3.8, 4) is 11.5 Å². The maximum Gasteiger partial charge on any atom is 0.339 e. The van der Waals surface area contributed by atoms with Gasteiger partial charge < -0.3 is 15.6 Å². The number of anilines is 1. The van der Waals surface area contributed by atoms with Gasteiger partial charge in [-0.05, 0) is 24.3 Å². The average molecular weight is 283 g/mol. The Bertz CT molecular complexity index is 649. The van der Waals surface area contributed by atoms with Crippen molar-refractivity contribution in [2.45, 2.75) is 0 Å². The number of hydrogen-bond acceptors (Lipinski definition) is 4. The minimum atomic E-state index is -1.25. The van der Waals surface area contributed by atoms with Crippen LogP contribution >= 0.6 is 11.6 Å². The van der Waals surface area contributed by atoms with E-state index in [1.807, 2.05) is 0 Å². The van der Waals surface area contributed by atoms with Gasteiger partial charge >= 0.3 is 5.97 Å². The Balaban J connectivity index is 2.40. The fourth-order valence-corrected chi connectivity index (χ4v) is 1.54. The zero-order valence-electron chi connectivity index (χ0n) is 9.43. The van der Waals surface area contributed by atoms with Gasteiger partial charge in [-0.3, -0.25) is 0 Å². The molecular weight excluding hydrogens is 275 g/mol. The zero-order valence-corrected chi connectivity index (χ0v) is 10.2. The molecule has 98 valence electrons. The third-order valence-electron chi connectivity index (χ3n) is 2.23. The second-order valence-electron chi connectivity index (χ2n) is 3.59. The molecule has 19 heavy (non-hydrogen) atoms. The molecule has 2 aromatic rings. The fraction of sp³-hybridized carbons (Fsp3) is 0. The highest BCUT2D eigenvalue weighted by atomic mass is 35.5. The van der Waals surface area contributed by atoms with Gasteiger partial charge in [0.2, 0.25) is 0 Å². The summed E-state index contributed by atoms with van der Waals surface area (Å²) in [5.41, 5.74) is 5.18. The number of aromatic nitrogens is 1. The molecule has 0 fully saturated rings. The molecule has 0 radical (unpaired) electrons. The summed E-state index contributed by atoms with van der Waals surface area (Å²) < 4.78 is 18.7. The van der Waals surface area contributed by atoms with Crippen LogP contribution in [0.1, 0.15) is 10.4 Å². The van der Waals surface area contributed by atoms with Gasteiger partial charge in [-0.1, -0.05) is 11.6 Å². The summed E-state index contributed by atoms with van der Waals surface area (Å²) in [6, 6.07) is 4.90. The molecule has 3 N–H and O–H groups in total. The lowest BCUT2D eigenvalue weighted by Crippen LogP contribution is -2.03. The van der Waals surface area contributed by atoms with E-state index in [2.05, 4.69) is 4.98 Å². The first-order valence-electron chi connectivity index (χ1n) is 5.09. The van der Waals surface area contributed by atoms with Crippen molar-refractivity contribution in [1.82, 2.24) is 4.98 Å². The van der Waals surface area contributed by atoms with E-state index in [-0.39, 0.29) is 27.9 Å². The highest BCUT2D eigenvalue weighted by Crippen LogP contribution is 2.29. The van der Waals surface area contributed by atoms with Crippen molar-refractivity contribution in [1.29, 1.82) is 0 Å². The third-order valence-corrected chi connectivity index (χ3v) is 2.47. The van der Waals surface area contributed by atoms with Crippen LogP contribution in [0.2, 0.25) is 5.02 Å². The smallest absolute Gasteiger partial charge is 0.339 e. The van der Waals surface area contributed by atoms with Crippen molar-refractivity contribution in [2.24, 2.45) is 0 Å². The molecule has 0 saturated carbocycles. The summed E-state index contributed by atoms with van der Waals surface area (Å²) in [7, 11) is 0. The predicted molar refractivity (Wildman–Crippen MR) is 67.1 cm³/mol. The number of rotatable bonds is 3. The fourth-order valence-electron chi connectivity index (χ4n) is 1.38. The first-order valence-corrected chi connectivity index (χ1v) is 5.47. The number of hydrogen-bond donors (Lipinski definition) is 2. The Labute approximate surface area is 112 Å². The molecule has 0 unspecified atom stereocenters. The number of nitrogens with two attached hydrogens (primary N) is 1. The number of nitrogen functional groups attached to an aromatic ring is 1. The first-order chi connectivity index (χ1) is 8.97. The van der Waals surface area contributed by atoms with Crippen molar-refractivity contribution < 1.29 is 19.0 Å². The molecule has 0 saturated heterocycles. The first kappa shape index (κ1) is 13.1. The number of benzene rings is 1. The Hall–Kier alpha value is -2.34. The van der Waals surface area contributed by atoms with E-state index >= 15 is 0 Å². The summed E-state index contributed by atoms with van der Waals surface area (Å²) in [6.07, 6.45) is 1.12. The molecule has 0 spiro atoms. The number of halogens is 2. The van der Waals surface area contributed by atoms with Crippen molar-refractivity contribution >= 4 is 23.4 Å². The Morgan fingerprint density at radius 1 is 1.37 bits per heavy atom. The van der Waals surface area contributed by atoms with Crippen LogP contribution in [0.5, 0.6) is 11.5 Å². The Morgan fingerprint density at radius 2 is 2.11 bits per heavy atom. The molecule has 0 atom stereocenters. The van der Waals surface area contributed by atoms with Gasteiger partial charge in [-0.2, -0.15) is 0 Å². The number of nitrogens with zero attached hydrogens (tertiary/aromatic N) is 1. The predicted octanol–water partition coefficient (Wildman–Crippen LogP) is 2.95. The standard InChI is InChI=1S/C12H8ClFN2O3/c13-6-1-2-9(8(14)3-6)19-10-5-16-11(15)4-7(10)12(17)18/h1-5H,(H2,15,16)(H,17,18). The number of pyridine rings is 1. The van der Waals surface area contributed by atoms with Crippen LogP contribution in [0.25, 0.3) is 0 Å².